The Morgan fingerprint density at radius 3 is 1.45 bits per heavy atom. The van der Waals surface area contributed by atoms with Crippen LogP contribution in [0, 0.1) is 0 Å². The Kier molecular flexibility index (Phi) is 11.8. The molecule has 0 spiro atoms. The predicted octanol–water partition coefficient (Wildman–Crippen LogP) is 0.102. The first-order valence-electron chi connectivity index (χ1n) is 9.39. The minimum Gasteiger partial charge on any atom is -0.462 e. The molecule has 0 radical (unpaired) electrons. The largest absolute Gasteiger partial charge is 0.462 e. The second kappa shape index (κ2) is 13.2. The van der Waals surface area contributed by atoms with E-state index in [2.05, 4.69) is 0 Å². The van der Waals surface area contributed by atoms with E-state index in [9.17, 15) is 28.8 Å². The fourth-order valence-electron chi connectivity index (χ4n) is 2.69. The smallest absolute Gasteiger partial charge is 0.304 e. The van der Waals surface area contributed by atoms with Crippen molar-refractivity contribution < 1.29 is 52.5 Å². The van der Waals surface area contributed by atoms with Crippen LogP contribution in [-0.2, 0) is 52.5 Å². The van der Waals surface area contributed by atoms with Crippen LogP contribution in [0.4, 0.5) is 0 Å². The molecule has 0 unspecified atom stereocenters. The molecule has 176 valence electrons. The van der Waals surface area contributed by atoms with E-state index < -0.39 is 66.9 Å². The zero-order chi connectivity index (χ0) is 24.3. The molecule has 1 amide bonds. The number of nitrogens with zero attached hydrogens (tertiary/aromatic N) is 1. The van der Waals surface area contributed by atoms with Crippen LogP contribution in [0.2, 0.25) is 0 Å². The van der Waals surface area contributed by atoms with Crippen molar-refractivity contribution in [1.29, 1.82) is 0 Å². The molecule has 0 aliphatic heterocycles. The van der Waals surface area contributed by atoms with Gasteiger partial charge in [0.05, 0.1) is 0 Å². The lowest BCUT2D eigenvalue weighted by molar-refractivity contribution is -0.217. The summed E-state index contributed by atoms with van der Waals surface area (Å²) in [6.45, 7) is 7.53. The summed E-state index contributed by atoms with van der Waals surface area (Å²) in [7, 11) is 0. The maximum absolute atomic E-state index is 12.1. The number of amides is 1. The third-order valence-electron chi connectivity index (χ3n) is 3.68. The Morgan fingerprint density at radius 2 is 1.10 bits per heavy atom. The second-order valence-electron chi connectivity index (χ2n) is 6.40. The summed E-state index contributed by atoms with van der Waals surface area (Å²) in [5, 5.41) is 0. The van der Waals surface area contributed by atoms with Gasteiger partial charge in [0.1, 0.15) is 6.61 Å². The first-order chi connectivity index (χ1) is 14.3. The van der Waals surface area contributed by atoms with Crippen LogP contribution in [-0.4, -0.2) is 78.3 Å². The molecule has 31 heavy (non-hydrogen) atoms. The van der Waals surface area contributed by atoms with Gasteiger partial charge in [0.25, 0.3) is 0 Å². The fourth-order valence-corrected chi connectivity index (χ4v) is 2.69. The Balaban J connectivity index is 6.54. The molecule has 0 saturated heterocycles. The van der Waals surface area contributed by atoms with E-state index in [-0.39, 0.29) is 6.54 Å². The predicted molar refractivity (Wildman–Crippen MR) is 102 cm³/mol. The first kappa shape index (κ1) is 27.8. The lowest BCUT2D eigenvalue weighted by atomic mass is 10.0. The standard InChI is InChI=1S/C19H29NO11/c1-8-20(10(2)21)19(31-15(7)26)18(30-14(6)25)17(29-13(5)24)16(28-12(4)23)9-27-11(3)22/h16-19H,8-9H2,1-7H3/t16-,17-,18+,19-/m1/s1. The van der Waals surface area contributed by atoms with Crippen molar-refractivity contribution in [2.24, 2.45) is 0 Å². The van der Waals surface area contributed by atoms with Crippen molar-refractivity contribution in [3.8, 4) is 0 Å². The normalized spacial score (nSPS) is 14.2. The Morgan fingerprint density at radius 1 is 0.645 bits per heavy atom. The summed E-state index contributed by atoms with van der Waals surface area (Å²) in [4.78, 5) is 71.4. The number of likely N-dealkylation sites (N-methyl/N-ethyl adjacent to an activating group) is 1. The van der Waals surface area contributed by atoms with Gasteiger partial charge in [-0.25, -0.2) is 0 Å². The number of rotatable bonds is 11. The Hall–Kier alpha value is -3.18. The van der Waals surface area contributed by atoms with Crippen molar-refractivity contribution in [2.75, 3.05) is 13.2 Å². The van der Waals surface area contributed by atoms with Crippen LogP contribution in [0.5, 0.6) is 0 Å². The number of ether oxygens (including phenoxy) is 5. The van der Waals surface area contributed by atoms with Gasteiger partial charge in [-0.05, 0) is 6.92 Å². The molecular formula is C19H29NO11. The minimum atomic E-state index is -1.62. The van der Waals surface area contributed by atoms with Crippen LogP contribution in [0.3, 0.4) is 0 Å². The molecule has 0 bridgehead atoms. The van der Waals surface area contributed by atoms with Gasteiger partial charge >= 0.3 is 29.8 Å². The maximum Gasteiger partial charge on any atom is 0.304 e. The van der Waals surface area contributed by atoms with Crippen LogP contribution in [0.25, 0.3) is 0 Å². The molecule has 0 aromatic rings. The summed E-state index contributed by atoms with van der Waals surface area (Å²) in [6.07, 6.45) is -6.20. The van der Waals surface area contributed by atoms with Crippen molar-refractivity contribution >= 4 is 35.8 Å². The molecule has 0 N–H and O–H groups in total. The quantitative estimate of drug-likeness (QED) is 0.241. The van der Waals surface area contributed by atoms with Crippen molar-refractivity contribution in [3.05, 3.63) is 0 Å². The van der Waals surface area contributed by atoms with Crippen LogP contribution >= 0.6 is 0 Å². The molecule has 12 heteroatoms. The average Bonchev–Trinajstić information content (AvgIpc) is 2.60. The minimum absolute atomic E-state index is 0.0278. The van der Waals surface area contributed by atoms with Gasteiger partial charge in [0.2, 0.25) is 12.1 Å². The molecule has 0 fully saturated rings. The van der Waals surface area contributed by atoms with Gasteiger partial charge in [0, 0.05) is 48.1 Å². The highest BCUT2D eigenvalue weighted by Crippen LogP contribution is 2.22. The number of hydrogen-bond acceptors (Lipinski definition) is 11. The number of carbonyl (C=O) groups excluding carboxylic acids is 6. The fraction of sp³-hybridized carbons (Fsp3) is 0.684. The summed E-state index contributed by atoms with van der Waals surface area (Å²) in [5.74, 6) is -4.65. The van der Waals surface area contributed by atoms with Gasteiger partial charge in [-0.3, -0.25) is 28.8 Å². The maximum atomic E-state index is 12.1. The molecule has 12 nitrogen and oxygen atoms in total. The second-order valence-corrected chi connectivity index (χ2v) is 6.40. The number of hydrogen-bond donors (Lipinski definition) is 0. The highest BCUT2D eigenvalue weighted by atomic mass is 16.6. The highest BCUT2D eigenvalue weighted by molar-refractivity contribution is 5.74. The summed E-state index contributed by atoms with van der Waals surface area (Å²) < 4.78 is 25.7. The van der Waals surface area contributed by atoms with E-state index >= 15 is 0 Å². The molecule has 4 atom stereocenters. The number of carbonyl (C=O) groups is 6. The van der Waals surface area contributed by atoms with Gasteiger partial charge in [-0.1, -0.05) is 0 Å². The van der Waals surface area contributed by atoms with Crippen molar-refractivity contribution in [3.63, 3.8) is 0 Å². The van der Waals surface area contributed by atoms with E-state index in [0.717, 1.165) is 39.5 Å². The SMILES string of the molecule is CCN(C(C)=O)[C@H](OC(C)=O)[C@@H](OC(C)=O)[C@H](OC(C)=O)[C@@H](COC(C)=O)OC(C)=O. The van der Waals surface area contributed by atoms with Crippen LogP contribution in [0.15, 0.2) is 0 Å². The molecular weight excluding hydrogens is 418 g/mol. The van der Waals surface area contributed by atoms with Crippen molar-refractivity contribution in [1.82, 2.24) is 4.90 Å². The molecule has 0 heterocycles. The van der Waals surface area contributed by atoms with E-state index in [4.69, 9.17) is 23.7 Å². The van der Waals surface area contributed by atoms with Crippen LogP contribution < -0.4 is 0 Å². The number of esters is 5. The average molecular weight is 447 g/mol. The van der Waals surface area contributed by atoms with Gasteiger partial charge < -0.3 is 28.6 Å². The lowest BCUT2D eigenvalue weighted by Crippen LogP contribution is -2.59. The van der Waals surface area contributed by atoms with Gasteiger partial charge in [-0.15, -0.1) is 0 Å². The first-order valence-corrected chi connectivity index (χ1v) is 9.39. The van der Waals surface area contributed by atoms with Gasteiger partial charge in [0.15, 0.2) is 18.3 Å². The molecule has 0 aliphatic rings. The molecule has 0 rings (SSSR count). The van der Waals surface area contributed by atoms with E-state index in [1.807, 2.05) is 0 Å². The van der Waals surface area contributed by atoms with Crippen molar-refractivity contribution in [2.45, 2.75) is 73.0 Å². The summed E-state index contributed by atoms with van der Waals surface area (Å²) in [6, 6.07) is 0. The van der Waals surface area contributed by atoms with E-state index in [0.29, 0.717) is 0 Å². The summed E-state index contributed by atoms with van der Waals surface area (Å²) >= 11 is 0. The zero-order valence-electron chi connectivity index (χ0n) is 18.7. The molecule has 0 aromatic heterocycles. The molecule has 0 aromatic carbocycles. The third-order valence-corrected chi connectivity index (χ3v) is 3.68. The van der Waals surface area contributed by atoms with Gasteiger partial charge in [-0.2, -0.15) is 0 Å². The van der Waals surface area contributed by atoms with E-state index in [1.54, 1.807) is 6.92 Å². The Bertz CT molecular complexity index is 690. The Labute approximate surface area is 180 Å². The van der Waals surface area contributed by atoms with Crippen LogP contribution in [0.1, 0.15) is 48.5 Å². The van der Waals surface area contributed by atoms with E-state index in [1.165, 1.54) is 6.92 Å². The monoisotopic (exact) mass is 447 g/mol. The summed E-state index contributed by atoms with van der Waals surface area (Å²) in [5.41, 5.74) is 0. The lowest BCUT2D eigenvalue weighted by Gasteiger charge is -2.39. The highest BCUT2D eigenvalue weighted by Gasteiger charge is 2.46. The molecule has 0 aliphatic carbocycles. The zero-order valence-corrected chi connectivity index (χ0v) is 18.7. The topological polar surface area (TPSA) is 152 Å². The third kappa shape index (κ3) is 10.4. The molecule has 0 saturated carbocycles.